The van der Waals surface area contributed by atoms with E-state index >= 15 is 0 Å². The van der Waals surface area contributed by atoms with Crippen LogP contribution >= 0.6 is 11.3 Å². The zero-order chi connectivity index (χ0) is 12.6. The molecule has 1 fully saturated rings. The highest BCUT2D eigenvalue weighted by Gasteiger charge is 2.36. The van der Waals surface area contributed by atoms with Gasteiger partial charge in [-0.15, -0.1) is 11.3 Å². The summed E-state index contributed by atoms with van der Waals surface area (Å²) < 4.78 is 26.0. The zero-order valence-corrected chi connectivity index (χ0v) is 11.4. The summed E-state index contributed by atoms with van der Waals surface area (Å²) in [6, 6.07) is 5.01. The molecule has 1 saturated carbocycles. The molecule has 0 spiro atoms. The third-order valence-electron chi connectivity index (χ3n) is 3.12. The van der Waals surface area contributed by atoms with E-state index in [4.69, 9.17) is 5.26 Å². The van der Waals surface area contributed by atoms with Crippen LogP contribution in [-0.2, 0) is 10.0 Å². The first-order valence-electron chi connectivity index (χ1n) is 5.41. The summed E-state index contributed by atoms with van der Waals surface area (Å²) in [6.45, 7) is 2.70. The smallest absolute Gasteiger partial charge is 0.206 e. The van der Waals surface area contributed by atoms with Crippen LogP contribution in [-0.4, -0.2) is 26.3 Å². The van der Waals surface area contributed by atoms with Crippen molar-refractivity contribution < 1.29 is 8.42 Å². The maximum atomic E-state index is 12.2. The van der Waals surface area contributed by atoms with Crippen LogP contribution in [0, 0.1) is 23.2 Å². The average Bonchev–Trinajstić information content (AvgIpc) is 2.83. The van der Waals surface area contributed by atoms with Crippen LogP contribution in [0.25, 0.3) is 0 Å². The van der Waals surface area contributed by atoms with E-state index in [0.29, 0.717) is 23.3 Å². The number of nitriles is 1. The first kappa shape index (κ1) is 12.6. The minimum absolute atomic E-state index is 0.254. The number of thiophene rings is 1. The molecule has 4 nitrogen and oxygen atoms in total. The molecule has 0 amide bonds. The highest BCUT2D eigenvalue weighted by atomic mass is 32.2. The molecule has 92 valence electrons. The van der Waals surface area contributed by atoms with Gasteiger partial charge in [-0.05, 0) is 30.4 Å². The summed E-state index contributed by atoms with van der Waals surface area (Å²) in [5.74, 6) is 1.12. The molecule has 1 heterocycles. The number of hydrogen-bond donors (Lipinski definition) is 0. The van der Waals surface area contributed by atoms with E-state index in [2.05, 4.69) is 6.92 Å². The average molecular weight is 270 g/mol. The van der Waals surface area contributed by atoms with Gasteiger partial charge < -0.3 is 0 Å². The number of sulfonamides is 1. The minimum Gasteiger partial charge on any atom is -0.206 e. The summed E-state index contributed by atoms with van der Waals surface area (Å²) in [5.41, 5.74) is 0. The Kier molecular flexibility index (Phi) is 3.25. The third kappa shape index (κ3) is 2.51. The highest BCUT2D eigenvalue weighted by Crippen LogP contribution is 2.39. The van der Waals surface area contributed by atoms with Gasteiger partial charge in [0.25, 0.3) is 10.0 Å². The SMILES string of the molecule is CC1CC1CN(C)S(=O)(=O)c1ccc(C#N)s1. The molecule has 0 aromatic carbocycles. The van der Waals surface area contributed by atoms with Crippen LogP contribution in [0.2, 0.25) is 0 Å². The summed E-state index contributed by atoms with van der Waals surface area (Å²) in [7, 11) is -1.80. The Morgan fingerprint density at radius 1 is 1.59 bits per heavy atom. The van der Waals surface area contributed by atoms with Crippen LogP contribution in [0.15, 0.2) is 16.3 Å². The fraction of sp³-hybridized carbons (Fsp3) is 0.545. The standard InChI is InChI=1S/C11H14N2O2S2/c1-8-5-9(8)7-13(2)17(14,15)11-4-3-10(6-12)16-11/h3-4,8-9H,5,7H2,1-2H3. The van der Waals surface area contributed by atoms with Crippen molar-refractivity contribution in [1.82, 2.24) is 4.31 Å². The van der Waals surface area contributed by atoms with E-state index < -0.39 is 10.0 Å². The van der Waals surface area contributed by atoms with Crippen molar-refractivity contribution in [3.63, 3.8) is 0 Å². The van der Waals surface area contributed by atoms with Gasteiger partial charge in [0.2, 0.25) is 0 Å². The van der Waals surface area contributed by atoms with Crippen molar-refractivity contribution >= 4 is 21.4 Å². The van der Waals surface area contributed by atoms with E-state index in [0.717, 1.165) is 17.8 Å². The number of nitrogens with zero attached hydrogens (tertiary/aromatic N) is 2. The second-order valence-corrected chi connectivity index (χ2v) is 7.84. The number of hydrogen-bond acceptors (Lipinski definition) is 4. The Bertz CT molecular complexity index is 556. The zero-order valence-electron chi connectivity index (χ0n) is 9.75. The van der Waals surface area contributed by atoms with Crippen molar-refractivity contribution in [2.75, 3.05) is 13.6 Å². The fourth-order valence-electron chi connectivity index (χ4n) is 1.75. The Labute approximate surface area is 106 Å². The largest absolute Gasteiger partial charge is 0.252 e. The lowest BCUT2D eigenvalue weighted by molar-refractivity contribution is 0.446. The monoisotopic (exact) mass is 270 g/mol. The Morgan fingerprint density at radius 3 is 2.71 bits per heavy atom. The lowest BCUT2D eigenvalue weighted by Gasteiger charge is -2.15. The van der Waals surface area contributed by atoms with Gasteiger partial charge in [-0.25, -0.2) is 8.42 Å². The fourth-order valence-corrected chi connectivity index (χ4v) is 4.30. The molecular weight excluding hydrogens is 256 g/mol. The van der Waals surface area contributed by atoms with Gasteiger partial charge in [0, 0.05) is 13.6 Å². The van der Waals surface area contributed by atoms with Crippen molar-refractivity contribution in [3.8, 4) is 6.07 Å². The molecule has 2 unspecified atom stereocenters. The summed E-state index contributed by atoms with van der Waals surface area (Å²) >= 11 is 1.03. The quantitative estimate of drug-likeness (QED) is 0.839. The van der Waals surface area contributed by atoms with E-state index in [1.165, 1.54) is 10.4 Å². The van der Waals surface area contributed by atoms with E-state index in [1.807, 2.05) is 6.07 Å². The molecule has 2 atom stereocenters. The highest BCUT2D eigenvalue weighted by molar-refractivity contribution is 7.91. The molecular formula is C11H14N2O2S2. The first-order valence-corrected chi connectivity index (χ1v) is 7.67. The second kappa shape index (κ2) is 4.41. The Balaban J connectivity index is 2.15. The first-order chi connectivity index (χ1) is 7.95. The van der Waals surface area contributed by atoms with Gasteiger partial charge in [0.15, 0.2) is 0 Å². The Hall–Kier alpha value is -0.900. The van der Waals surface area contributed by atoms with Gasteiger partial charge >= 0.3 is 0 Å². The van der Waals surface area contributed by atoms with E-state index in [-0.39, 0.29) is 4.21 Å². The third-order valence-corrected chi connectivity index (χ3v) is 6.40. The molecule has 1 aromatic rings. The summed E-state index contributed by atoms with van der Waals surface area (Å²) in [6.07, 6.45) is 1.10. The molecule has 2 rings (SSSR count). The van der Waals surface area contributed by atoms with Gasteiger partial charge in [0.1, 0.15) is 15.2 Å². The lowest BCUT2D eigenvalue weighted by Crippen LogP contribution is -2.28. The van der Waals surface area contributed by atoms with Crippen molar-refractivity contribution in [3.05, 3.63) is 17.0 Å². The predicted molar refractivity (Wildman–Crippen MR) is 66.1 cm³/mol. The molecule has 0 N–H and O–H groups in total. The maximum absolute atomic E-state index is 12.2. The summed E-state index contributed by atoms with van der Waals surface area (Å²) in [4.78, 5) is 0.428. The van der Waals surface area contributed by atoms with Gasteiger partial charge in [-0.1, -0.05) is 6.92 Å². The normalized spacial score (nSPS) is 23.6. The maximum Gasteiger partial charge on any atom is 0.252 e. The van der Waals surface area contributed by atoms with Crippen LogP contribution in [0.1, 0.15) is 18.2 Å². The predicted octanol–water partition coefficient (Wildman–Crippen LogP) is 1.90. The molecule has 17 heavy (non-hydrogen) atoms. The van der Waals surface area contributed by atoms with Crippen LogP contribution in [0.3, 0.4) is 0 Å². The topological polar surface area (TPSA) is 61.2 Å². The van der Waals surface area contributed by atoms with E-state index in [1.54, 1.807) is 13.1 Å². The van der Waals surface area contributed by atoms with Crippen LogP contribution in [0.5, 0.6) is 0 Å². The molecule has 1 aliphatic rings. The molecule has 0 aliphatic heterocycles. The summed E-state index contributed by atoms with van der Waals surface area (Å²) in [5, 5.41) is 8.70. The molecule has 0 saturated heterocycles. The molecule has 6 heteroatoms. The van der Waals surface area contributed by atoms with Crippen LogP contribution < -0.4 is 0 Å². The van der Waals surface area contributed by atoms with Crippen LogP contribution in [0.4, 0.5) is 0 Å². The van der Waals surface area contributed by atoms with Crippen molar-refractivity contribution in [1.29, 1.82) is 5.26 Å². The lowest BCUT2D eigenvalue weighted by atomic mass is 10.3. The molecule has 1 aliphatic carbocycles. The van der Waals surface area contributed by atoms with E-state index in [9.17, 15) is 8.42 Å². The van der Waals surface area contributed by atoms with Crippen molar-refractivity contribution in [2.24, 2.45) is 11.8 Å². The molecule has 0 bridgehead atoms. The van der Waals surface area contributed by atoms with Gasteiger partial charge in [0.05, 0.1) is 0 Å². The van der Waals surface area contributed by atoms with Gasteiger partial charge in [-0.2, -0.15) is 9.57 Å². The Morgan fingerprint density at radius 2 is 2.24 bits per heavy atom. The second-order valence-electron chi connectivity index (χ2n) is 4.49. The van der Waals surface area contributed by atoms with Crippen molar-refractivity contribution in [2.45, 2.75) is 17.6 Å². The minimum atomic E-state index is -3.41. The molecule has 0 radical (unpaired) electrons. The van der Waals surface area contributed by atoms with Gasteiger partial charge in [-0.3, -0.25) is 0 Å². The number of rotatable bonds is 4. The molecule has 1 aromatic heterocycles.